The van der Waals surface area contributed by atoms with E-state index in [1.807, 2.05) is 0 Å². The number of esters is 3. The van der Waals surface area contributed by atoms with E-state index in [1.54, 1.807) is 0 Å². The molecular weight excluding hydrogens is 1040 g/mol. The summed E-state index contributed by atoms with van der Waals surface area (Å²) in [6.07, 6.45) is 67.2. The van der Waals surface area contributed by atoms with Gasteiger partial charge in [0.25, 0.3) is 0 Å². The van der Waals surface area contributed by atoms with Gasteiger partial charge in [-0.15, -0.1) is 0 Å². The van der Waals surface area contributed by atoms with E-state index in [-0.39, 0.29) is 25.9 Å². The zero-order valence-electron chi connectivity index (χ0n) is 51.9. The molecule has 12 nitrogen and oxygen atoms in total. The number of aliphatic hydroxyl groups excluding tert-OH is 2. The Kier molecular flexibility index (Phi) is 52.8. The van der Waals surface area contributed by atoms with Crippen molar-refractivity contribution in [3.63, 3.8) is 0 Å². The van der Waals surface area contributed by atoms with Crippen LogP contribution in [0.15, 0.2) is 122 Å². The van der Waals surface area contributed by atoms with Crippen molar-refractivity contribution in [2.75, 3.05) is 13.2 Å². The highest BCUT2D eigenvalue weighted by molar-refractivity contribution is 5.74. The minimum Gasteiger partial charge on any atom is -0.479 e. The number of carboxylic acid groups (broad SMARTS) is 1. The molecule has 3 N–H and O–H groups in total. The predicted octanol–water partition coefficient (Wildman–Crippen LogP) is 17.6. The normalized spacial score (nSPS) is 18.4. The Balaban J connectivity index is 2.70. The van der Waals surface area contributed by atoms with Crippen LogP contribution in [0.1, 0.15) is 252 Å². The average Bonchev–Trinajstić information content (AvgIpc) is 3.59. The van der Waals surface area contributed by atoms with Crippen LogP contribution in [0.25, 0.3) is 0 Å². The molecule has 0 radical (unpaired) electrons. The number of hydrogen-bond donors (Lipinski definition) is 3. The molecule has 0 aromatic heterocycles. The molecule has 1 aliphatic heterocycles. The first-order valence-electron chi connectivity index (χ1n) is 32.5. The smallest absolute Gasteiger partial charge is 0.335 e. The molecule has 0 aliphatic carbocycles. The quantitative estimate of drug-likeness (QED) is 0.0228. The molecule has 83 heavy (non-hydrogen) atoms. The molecule has 1 fully saturated rings. The largest absolute Gasteiger partial charge is 0.479 e. The van der Waals surface area contributed by atoms with E-state index < -0.39 is 67.3 Å². The van der Waals surface area contributed by atoms with Crippen molar-refractivity contribution in [1.82, 2.24) is 0 Å². The first-order chi connectivity index (χ1) is 40.6. The van der Waals surface area contributed by atoms with Crippen molar-refractivity contribution in [2.24, 2.45) is 0 Å². The molecule has 0 amide bonds. The zero-order chi connectivity index (χ0) is 60.3. The van der Waals surface area contributed by atoms with Gasteiger partial charge in [-0.05, 0) is 128 Å². The summed E-state index contributed by atoms with van der Waals surface area (Å²) in [4.78, 5) is 51.4. The predicted molar refractivity (Wildman–Crippen MR) is 340 cm³/mol. The van der Waals surface area contributed by atoms with Crippen LogP contribution < -0.4 is 0 Å². The van der Waals surface area contributed by atoms with Gasteiger partial charge in [-0.25, -0.2) is 4.79 Å². The average molecular weight is 1160 g/mol. The maximum absolute atomic E-state index is 13.2. The number of carbonyl (C=O) groups is 4. The van der Waals surface area contributed by atoms with Gasteiger partial charge >= 0.3 is 23.9 Å². The molecule has 0 bridgehead atoms. The van der Waals surface area contributed by atoms with Gasteiger partial charge in [-0.3, -0.25) is 14.4 Å². The summed E-state index contributed by atoms with van der Waals surface area (Å²) in [7, 11) is 0. The molecule has 6 unspecified atom stereocenters. The fourth-order valence-electron chi connectivity index (χ4n) is 9.09. The van der Waals surface area contributed by atoms with Crippen LogP contribution in [0.3, 0.4) is 0 Å². The highest BCUT2D eigenvalue weighted by atomic mass is 16.7. The van der Waals surface area contributed by atoms with Crippen LogP contribution in [-0.4, -0.2) is 89.2 Å². The van der Waals surface area contributed by atoms with Crippen molar-refractivity contribution >= 4 is 23.9 Å². The molecule has 6 atom stereocenters. The van der Waals surface area contributed by atoms with Gasteiger partial charge in [0.15, 0.2) is 24.6 Å². The van der Waals surface area contributed by atoms with Crippen molar-refractivity contribution in [3.8, 4) is 0 Å². The van der Waals surface area contributed by atoms with Crippen molar-refractivity contribution in [2.45, 2.75) is 289 Å². The van der Waals surface area contributed by atoms with Crippen LogP contribution >= 0.6 is 0 Å². The Bertz CT molecular complexity index is 1900. The summed E-state index contributed by atoms with van der Waals surface area (Å²) in [5.41, 5.74) is 0. The molecule has 0 spiro atoms. The number of aliphatic hydroxyl groups is 2. The Morgan fingerprint density at radius 2 is 0.759 bits per heavy atom. The van der Waals surface area contributed by atoms with Gasteiger partial charge in [-0.2, -0.15) is 0 Å². The Morgan fingerprint density at radius 3 is 1.16 bits per heavy atom. The fourth-order valence-corrected chi connectivity index (χ4v) is 9.09. The number of ether oxygens (including phenoxy) is 5. The molecule has 0 aromatic carbocycles. The summed E-state index contributed by atoms with van der Waals surface area (Å²) in [5, 5.41) is 31.6. The number of unbranched alkanes of at least 4 members (excludes halogenated alkanes) is 20. The lowest BCUT2D eigenvalue weighted by Gasteiger charge is -2.40. The second kappa shape index (κ2) is 57.5. The third kappa shape index (κ3) is 47.1. The Labute approximate surface area is 503 Å². The Hall–Kier alpha value is -4.88. The summed E-state index contributed by atoms with van der Waals surface area (Å²) >= 11 is 0. The third-order valence-electron chi connectivity index (χ3n) is 14.0. The van der Waals surface area contributed by atoms with Gasteiger partial charge < -0.3 is 39.0 Å². The molecule has 1 saturated heterocycles. The van der Waals surface area contributed by atoms with Gasteiger partial charge in [0.1, 0.15) is 18.8 Å². The number of hydrogen-bond acceptors (Lipinski definition) is 11. The van der Waals surface area contributed by atoms with Crippen molar-refractivity contribution < 1.29 is 58.2 Å². The van der Waals surface area contributed by atoms with E-state index in [1.165, 1.54) is 57.8 Å². The molecular formula is C71H114O12. The topological polar surface area (TPSA) is 175 Å². The lowest BCUT2D eigenvalue weighted by atomic mass is 9.98. The molecule has 470 valence electrons. The van der Waals surface area contributed by atoms with Crippen molar-refractivity contribution in [1.29, 1.82) is 0 Å². The zero-order valence-corrected chi connectivity index (χ0v) is 51.9. The highest BCUT2D eigenvalue weighted by Crippen LogP contribution is 2.26. The number of carboxylic acids is 1. The maximum Gasteiger partial charge on any atom is 0.335 e. The van der Waals surface area contributed by atoms with E-state index in [9.17, 15) is 34.5 Å². The van der Waals surface area contributed by atoms with Gasteiger partial charge in [0, 0.05) is 19.3 Å². The lowest BCUT2D eigenvalue weighted by molar-refractivity contribution is -0.301. The number of carbonyl (C=O) groups excluding carboxylic acids is 3. The molecule has 0 aromatic rings. The number of allylic oxidation sites excluding steroid dienone is 20. The van der Waals surface area contributed by atoms with E-state index in [0.717, 1.165) is 135 Å². The van der Waals surface area contributed by atoms with E-state index in [2.05, 4.69) is 142 Å². The van der Waals surface area contributed by atoms with Crippen LogP contribution in [0.5, 0.6) is 0 Å². The molecule has 1 aliphatic rings. The summed E-state index contributed by atoms with van der Waals surface area (Å²) < 4.78 is 28.5. The minimum absolute atomic E-state index is 0.0230. The summed E-state index contributed by atoms with van der Waals surface area (Å²) in [5.74, 6) is -3.20. The summed E-state index contributed by atoms with van der Waals surface area (Å²) in [6, 6.07) is 0. The first kappa shape index (κ1) is 76.1. The lowest BCUT2D eigenvalue weighted by Crippen LogP contribution is -2.61. The van der Waals surface area contributed by atoms with Crippen LogP contribution in [0, 0.1) is 0 Å². The van der Waals surface area contributed by atoms with Crippen LogP contribution in [-0.2, 0) is 42.9 Å². The first-order valence-corrected chi connectivity index (χ1v) is 32.5. The number of aliphatic carboxylic acids is 1. The van der Waals surface area contributed by atoms with Gasteiger partial charge in [0.2, 0.25) is 0 Å². The molecule has 0 saturated carbocycles. The summed E-state index contributed by atoms with van der Waals surface area (Å²) in [6.45, 7) is 5.72. The molecule has 1 heterocycles. The Morgan fingerprint density at radius 1 is 0.410 bits per heavy atom. The second-order valence-corrected chi connectivity index (χ2v) is 21.6. The molecule has 12 heteroatoms. The SMILES string of the molecule is CC/C=C\C/C=C\C/C=C\C/C=C\CCCCCCC(=O)OC(COC(=O)CCCCCCCCCCC/C=C\C/C=C\CCCCC)COC1OC(C(=O)O)C(O)C(O)C1OC(=O)CCCCCC/C=C\C/C=C\C/C=C\C/C=C\CC. The van der Waals surface area contributed by atoms with E-state index in [4.69, 9.17) is 23.7 Å². The van der Waals surface area contributed by atoms with Gasteiger partial charge in [-0.1, -0.05) is 226 Å². The van der Waals surface area contributed by atoms with E-state index >= 15 is 0 Å². The maximum atomic E-state index is 13.2. The number of rotatable bonds is 54. The minimum atomic E-state index is -1.92. The van der Waals surface area contributed by atoms with Crippen molar-refractivity contribution in [3.05, 3.63) is 122 Å². The fraction of sp³-hybridized carbons (Fsp3) is 0.662. The van der Waals surface area contributed by atoms with E-state index in [0.29, 0.717) is 19.3 Å². The second-order valence-electron chi connectivity index (χ2n) is 21.6. The van der Waals surface area contributed by atoms with Gasteiger partial charge in [0.05, 0.1) is 6.61 Å². The third-order valence-corrected chi connectivity index (χ3v) is 14.0. The standard InChI is InChI=1S/C71H114O12/c1-4-7-10-13-16-19-22-25-28-31-32-35-36-39-42-45-48-51-54-57-63(72)79-60-62(81-64(73)58-55-52-49-46-43-40-37-33-29-26-23-20-17-14-11-8-5-2)61-80-71-69(67(76)66(75)68(83-71)70(77)78)82-65(74)59-56-53-50-47-44-41-38-34-30-27-24-21-18-15-12-9-6-3/h8-9,11-12,16-21,25-30,37-38,40-41,62,66-69,71,75-76H,4-7,10,13-15,22-24,31-36,39,42-61H2,1-3H3,(H,77,78)/b11-8-,12-9-,19-16-,20-17-,21-18-,28-25-,29-26-,30-27-,40-37-,41-38-. The highest BCUT2D eigenvalue weighted by Gasteiger charge is 2.50. The molecule has 1 rings (SSSR count). The van der Waals surface area contributed by atoms with Crippen LogP contribution in [0.2, 0.25) is 0 Å². The monoisotopic (exact) mass is 1160 g/mol. The van der Waals surface area contributed by atoms with Crippen LogP contribution in [0.4, 0.5) is 0 Å².